The molecule has 0 saturated heterocycles. The van der Waals surface area contributed by atoms with Gasteiger partial charge in [-0.2, -0.15) is 0 Å². The fourth-order valence-corrected chi connectivity index (χ4v) is 2.23. The smallest absolute Gasteiger partial charge is 0.263 e. The monoisotopic (exact) mass is 320 g/mol. The van der Waals surface area contributed by atoms with E-state index < -0.39 is 5.91 Å². The van der Waals surface area contributed by atoms with E-state index in [2.05, 4.69) is 5.32 Å². The third-order valence-corrected chi connectivity index (χ3v) is 3.47. The number of nitrogens with one attached hydrogen (secondary N) is 1. The molecule has 0 aliphatic rings. The molecule has 5 heteroatoms. The van der Waals surface area contributed by atoms with Gasteiger partial charge in [0.1, 0.15) is 11.3 Å². The van der Waals surface area contributed by atoms with E-state index in [9.17, 15) is 9.59 Å². The van der Waals surface area contributed by atoms with E-state index in [4.69, 9.17) is 4.74 Å². The number of nitrogens with zero attached hydrogens (tertiary/aromatic N) is 1. The molecule has 0 fully saturated rings. The summed E-state index contributed by atoms with van der Waals surface area (Å²) in [5, 5.41) is 2.74. The van der Waals surface area contributed by atoms with Crippen LogP contribution in [0.3, 0.4) is 0 Å². The van der Waals surface area contributed by atoms with Crippen LogP contribution in [0.2, 0.25) is 0 Å². The van der Waals surface area contributed by atoms with Crippen molar-refractivity contribution < 1.29 is 9.53 Å². The van der Waals surface area contributed by atoms with Crippen LogP contribution in [-0.2, 0) is 7.05 Å². The van der Waals surface area contributed by atoms with Gasteiger partial charge in [0.05, 0.1) is 5.69 Å². The highest BCUT2D eigenvalue weighted by Crippen LogP contribution is 2.29. The van der Waals surface area contributed by atoms with Gasteiger partial charge >= 0.3 is 0 Å². The number of carbonyl (C=O) groups is 1. The Morgan fingerprint density at radius 1 is 0.958 bits per heavy atom. The van der Waals surface area contributed by atoms with Gasteiger partial charge in [-0.25, -0.2) is 0 Å². The van der Waals surface area contributed by atoms with Crippen molar-refractivity contribution in [2.24, 2.45) is 7.05 Å². The van der Waals surface area contributed by atoms with Crippen LogP contribution < -0.4 is 15.6 Å². The maximum absolute atomic E-state index is 12.4. The number of carbonyl (C=O) groups excluding carboxylic acids is 1. The standard InChI is InChI=1S/C19H16N2O3/c1-21-13-7-10-15(19(21)23)18(22)20-16-11-5-6-12-17(16)24-14-8-3-2-4-9-14/h2-13H,1H3,(H,20,22). The number of hydrogen-bond acceptors (Lipinski definition) is 3. The minimum absolute atomic E-state index is 0.0783. The van der Waals surface area contributed by atoms with Crippen LogP contribution >= 0.6 is 0 Å². The summed E-state index contributed by atoms with van der Waals surface area (Å²) < 4.78 is 7.16. The second-order valence-electron chi connectivity index (χ2n) is 5.20. The van der Waals surface area contributed by atoms with Crippen molar-refractivity contribution in [3.05, 3.63) is 88.8 Å². The summed E-state index contributed by atoms with van der Waals surface area (Å²) >= 11 is 0. The first kappa shape index (κ1) is 15.6. The van der Waals surface area contributed by atoms with Crippen LogP contribution in [0, 0.1) is 0 Å². The normalized spacial score (nSPS) is 10.2. The van der Waals surface area contributed by atoms with Crippen molar-refractivity contribution in [2.75, 3.05) is 5.32 Å². The fourth-order valence-electron chi connectivity index (χ4n) is 2.23. The van der Waals surface area contributed by atoms with Gasteiger partial charge in [0.25, 0.3) is 11.5 Å². The third kappa shape index (κ3) is 3.35. The Morgan fingerprint density at radius 2 is 1.67 bits per heavy atom. The zero-order valence-corrected chi connectivity index (χ0v) is 13.1. The van der Waals surface area contributed by atoms with E-state index in [0.717, 1.165) is 0 Å². The van der Waals surface area contributed by atoms with Crippen LogP contribution in [0.4, 0.5) is 5.69 Å². The lowest BCUT2D eigenvalue weighted by molar-refractivity contribution is 0.102. The van der Waals surface area contributed by atoms with Crippen molar-refractivity contribution >= 4 is 11.6 Å². The molecule has 3 rings (SSSR count). The summed E-state index contributed by atoms with van der Waals surface area (Å²) in [7, 11) is 1.60. The van der Waals surface area contributed by atoms with Crippen LogP contribution in [-0.4, -0.2) is 10.5 Å². The molecule has 0 aliphatic heterocycles. The van der Waals surface area contributed by atoms with Crippen molar-refractivity contribution in [1.29, 1.82) is 0 Å². The molecule has 5 nitrogen and oxygen atoms in total. The predicted molar refractivity (Wildman–Crippen MR) is 92.6 cm³/mol. The van der Waals surface area contributed by atoms with E-state index in [1.165, 1.54) is 10.6 Å². The Morgan fingerprint density at radius 3 is 2.46 bits per heavy atom. The van der Waals surface area contributed by atoms with Gasteiger partial charge in [-0.3, -0.25) is 9.59 Å². The Kier molecular flexibility index (Phi) is 4.43. The predicted octanol–water partition coefficient (Wildman–Crippen LogP) is 3.43. The molecule has 0 saturated carbocycles. The van der Waals surface area contributed by atoms with Crippen molar-refractivity contribution in [1.82, 2.24) is 4.57 Å². The topological polar surface area (TPSA) is 60.3 Å². The number of ether oxygens (including phenoxy) is 1. The maximum atomic E-state index is 12.4. The van der Waals surface area contributed by atoms with Gasteiger partial charge in [0, 0.05) is 13.2 Å². The molecule has 1 aromatic heterocycles. The van der Waals surface area contributed by atoms with E-state index >= 15 is 0 Å². The number of para-hydroxylation sites is 3. The van der Waals surface area contributed by atoms with Gasteiger partial charge in [-0.1, -0.05) is 30.3 Å². The summed E-state index contributed by atoms with van der Waals surface area (Å²) in [5.41, 5.74) is 0.225. The summed E-state index contributed by atoms with van der Waals surface area (Å²) in [6.45, 7) is 0. The summed E-state index contributed by atoms with van der Waals surface area (Å²) in [5.74, 6) is 0.694. The molecule has 0 atom stereocenters. The van der Waals surface area contributed by atoms with E-state index in [1.807, 2.05) is 36.4 Å². The quantitative estimate of drug-likeness (QED) is 0.801. The molecule has 24 heavy (non-hydrogen) atoms. The van der Waals surface area contributed by atoms with Crippen molar-refractivity contribution in [3.63, 3.8) is 0 Å². The van der Waals surface area contributed by atoms with Crippen molar-refractivity contribution in [2.45, 2.75) is 0 Å². The minimum atomic E-state index is -0.472. The highest BCUT2D eigenvalue weighted by Gasteiger charge is 2.13. The second kappa shape index (κ2) is 6.83. The van der Waals surface area contributed by atoms with Gasteiger partial charge in [0.15, 0.2) is 5.75 Å². The lowest BCUT2D eigenvalue weighted by Gasteiger charge is -2.12. The molecular weight excluding hydrogens is 304 g/mol. The number of aromatic nitrogens is 1. The average molecular weight is 320 g/mol. The van der Waals surface area contributed by atoms with E-state index in [-0.39, 0.29) is 11.1 Å². The Hall–Kier alpha value is -3.34. The van der Waals surface area contributed by atoms with Crippen LogP contribution in [0.5, 0.6) is 11.5 Å². The van der Waals surface area contributed by atoms with E-state index in [1.54, 1.807) is 37.5 Å². The van der Waals surface area contributed by atoms with Crippen LogP contribution in [0.15, 0.2) is 77.7 Å². The minimum Gasteiger partial charge on any atom is -0.455 e. The lowest BCUT2D eigenvalue weighted by atomic mass is 10.2. The summed E-state index contributed by atoms with van der Waals surface area (Å²) in [6.07, 6.45) is 1.60. The van der Waals surface area contributed by atoms with Gasteiger partial charge < -0.3 is 14.6 Å². The highest BCUT2D eigenvalue weighted by molar-refractivity contribution is 6.04. The first-order chi connectivity index (χ1) is 11.6. The largest absolute Gasteiger partial charge is 0.455 e. The molecule has 1 heterocycles. The number of aryl methyl sites for hydroxylation is 1. The first-order valence-corrected chi connectivity index (χ1v) is 7.44. The molecule has 1 amide bonds. The molecule has 3 aromatic rings. The summed E-state index contributed by atoms with van der Waals surface area (Å²) in [4.78, 5) is 24.5. The fraction of sp³-hybridized carbons (Fsp3) is 0.0526. The average Bonchev–Trinajstić information content (AvgIpc) is 2.60. The van der Waals surface area contributed by atoms with Crippen LogP contribution in [0.25, 0.3) is 0 Å². The molecule has 0 spiro atoms. The van der Waals surface area contributed by atoms with Gasteiger partial charge in [-0.15, -0.1) is 0 Å². The highest BCUT2D eigenvalue weighted by atomic mass is 16.5. The molecule has 1 N–H and O–H groups in total. The van der Waals surface area contributed by atoms with Crippen LogP contribution in [0.1, 0.15) is 10.4 Å². The molecule has 0 bridgehead atoms. The molecule has 0 aliphatic carbocycles. The molecule has 2 aromatic carbocycles. The lowest BCUT2D eigenvalue weighted by Crippen LogP contribution is -2.27. The zero-order valence-electron chi connectivity index (χ0n) is 13.1. The molecule has 0 radical (unpaired) electrons. The molecule has 0 unspecified atom stereocenters. The van der Waals surface area contributed by atoms with E-state index in [0.29, 0.717) is 17.2 Å². The first-order valence-electron chi connectivity index (χ1n) is 7.44. The zero-order chi connectivity index (χ0) is 16.9. The SMILES string of the molecule is Cn1cccc(C(=O)Nc2ccccc2Oc2ccccc2)c1=O. The Labute approximate surface area is 139 Å². The Bertz CT molecular complexity index is 917. The molecule has 120 valence electrons. The number of anilines is 1. The van der Waals surface area contributed by atoms with Gasteiger partial charge in [-0.05, 0) is 36.4 Å². The number of pyridine rings is 1. The Balaban J connectivity index is 1.87. The number of amides is 1. The number of hydrogen-bond donors (Lipinski definition) is 1. The molecular formula is C19H16N2O3. The second-order valence-corrected chi connectivity index (χ2v) is 5.20. The number of rotatable bonds is 4. The maximum Gasteiger partial charge on any atom is 0.263 e. The number of benzene rings is 2. The van der Waals surface area contributed by atoms with Gasteiger partial charge in [0.2, 0.25) is 0 Å². The summed E-state index contributed by atoms with van der Waals surface area (Å²) in [6, 6.07) is 19.5. The van der Waals surface area contributed by atoms with Crippen molar-refractivity contribution in [3.8, 4) is 11.5 Å². The third-order valence-electron chi connectivity index (χ3n) is 3.47.